The fourth-order valence-electron chi connectivity index (χ4n) is 2.92. The fraction of sp³-hybridized carbons (Fsp3) is 0.294. The highest BCUT2D eigenvalue weighted by molar-refractivity contribution is 7.89. The van der Waals surface area contributed by atoms with E-state index >= 15 is 0 Å². The number of amides is 1. The number of hydrogen-bond acceptors (Lipinski definition) is 5. The SMILES string of the molecule is Cc1ccc(NC(=O)C2CCCN2S(=O)(=O)c2ccc(C(=O)O)o2)c(F)c1. The molecule has 2 heterocycles. The van der Waals surface area contributed by atoms with E-state index in [4.69, 9.17) is 9.52 Å². The molecule has 2 aromatic rings. The molecule has 1 fully saturated rings. The number of benzene rings is 1. The minimum absolute atomic E-state index is 0.0407. The van der Waals surface area contributed by atoms with Gasteiger partial charge in [-0.05, 0) is 49.6 Å². The molecule has 1 atom stereocenters. The summed E-state index contributed by atoms with van der Waals surface area (Å²) in [6.45, 7) is 1.77. The molecule has 8 nitrogen and oxygen atoms in total. The van der Waals surface area contributed by atoms with Crippen LogP contribution >= 0.6 is 0 Å². The second kappa shape index (κ2) is 7.12. The first-order valence-corrected chi connectivity index (χ1v) is 9.56. The number of hydrogen-bond donors (Lipinski definition) is 2. The van der Waals surface area contributed by atoms with Crippen LogP contribution in [-0.2, 0) is 14.8 Å². The fourth-order valence-corrected chi connectivity index (χ4v) is 4.49. The van der Waals surface area contributed by atoms with Gasteiger partial charge in [-0.3, -0.25) is 4.79 Å². The third-order valence-electron chi connectivity index (χ3n) is 4.24. The summed E-state index contributed by atoms with van der Waals surface area (Å²) in [7, 11) is -4.21. The van der Waals surface area contributed by atoms with Gasteiger partial charge in [-0.25, -0.2) is 17.6 Å². The number of carboxylic acid groups (broad SMARTS) is 1. The Morgan fingerprint density at radius 1 is 1.30 bits per heavy atom. The first-order chi connectivity index (χ1) is 12.7. The van der Waals surface area contributed by atoms with Gasteiger partial charge in [0.25, 0.3) is 10.0 Å². The van der Waals surface area contributed by atoms with E-state index in [9.17, 15) is 22.4 Å². The Kier molecular flexibility index (Phi) is 5.03. The van der Waals surface area contributed by atoms with Crippen LogP contribution in [0.3, 0.4) is 0 Å². The van der Waals surface area contributed by atoms with Gasteiger partial charge in [0, 0.05) is 6.54 Å². The zero-order chi connectivity index (χ0) is 19.8. The zero-order valence-electron chi connectivity index (χ0n) is 14.3. The van der Waals surface area contributed by atoms with E-state index in [2.05, 4.69) is 5.32 Å². The Morgan fingerprint density at radius 2 is 2.04 bits per heavy atom. The molecule has 0 radical (unpaired) electrons. The lowest BCUT2D eigenvalue weighted by atomic mass is 10.2. The maximum atomic E-state index is 14.0. The molecule has 144 valence electrons. The van der Waals surface area contributed by atoms with E-state index < -0.39 is 44.6 Å². The number of aromatic carboxylic acids is 1. The molecular weight excluding hydrogens is 379 g/mol. The molecule has 1 aromatic carbocycles. The van der Waals surface area contributed by atoms with Crippen LogP contribution in [0, 0.1) is 12.7 Å². The van der Waals surface area contributed by atoms with Crippen LogP contribution in [0.4, 0.5) is 10.1 Å². The van der Waals surface area contributed by atoms with Gasteiger partial charge in [-0.1, -0.05) is 6.07 Å². The second-order valence-electron chi connectivity index (χ2n) is 6.17. The van der Waals surface area contributed by atoms with E-state index in [0.717, 1.165) is 16.4 Å². The quantitative estimate of drug-likeness (QED) is 0.800. The molecule has 1 unspecified atom stereocenters. The molecule has 0 bridgehead atoms. The summed E-state index contributed by atoms with van der Waals surface area (Å²) in [6.07, 6.45) is 0.686. The average Bonchev–Trinajstić information content (AvgIpc) is 3.27. The number of anilines is 1. The van der Waals surface area contributed by atoms with Crippen molar-refractivity contribution in [3.8, 4) is 0 Å². The van der Waals surface area contributed by atoms with Crippen LogP contribution in [0.5, 0.6) is 0 Å². The predicted molar refractivity (Wildman–Crippen MR) is 92.3 cm³/mol. The number of nitrogens with one attached hydrogen (secondary N) is 1. The summed E-state index contributed by atoms with van der Waals surface area (Å²) in [5, 5.41) is 10.7. The highest BCUT2D eigenvalue weighted by Gasteiger charge is 2.41. The molecule has 0 spiro atoms. The van der Waals surface area contributed by atoms with Crippen molar-refractivity contribution in [2.45, 2.75) is 30.9 Å². The third-order valence-corrected chi connectivity index (χ3v) is 6.03. The van der Waals surface area contributed by atoms with Crippen molar-refractivity contribution >= 4 is 27.6 Å². The minimum Gasteiger partial charge on any atom is -0.475 e. The zero-order valence-corrected chi connectivity index (χ0v) is 15.1. The summed E-state index contributed by atoms with van der Waals surface area (Å²) in [5.74, 6) is -3.20. The Hall–Kier alpha value is -2.72. The Labute approximate surface area is 154 Å². The normalized spacial score (nSPS) is 17.8. The van der Waals surface area contributed by atoms with E-state index in [1.54, 1.807) is 13.0 Å². The molecule has 1 aliphatic heterocycles. The highest BCUT2D eigenvalue weighted by Crippen LogP contribution is 2.28. The number of nitrogens with zero attached hydrogens (tertiary/aromatic N) is 1. The standard InChI is InChI=1S/C17H17FN2O6S/c1-10-4-5-12(11(18)9-10)19-16(21)13-3-2-8-20(13)27(24,25)15-7-6-14(26-15)17(22)23/h4-7,9,13H,2-3,8H2,1H3,(H,19,21)(H,22,23). The summed E-state index contributed by atoms with van der Waals surface area (Å²) in [6, 6.07) is 5.30. The molecule has 0 aliphatic carbocycles. The van der Waals surface area contributed by atoms with Gasteiger partial charge in [-0.15, -0.1) is 0 Å². The van der Waals surface area contributed by atoms with E-state index in [1.807, 2.05) is 0 Å². The lowest BCUT2D eigenvalue weighted by Gasteiger charge is -2.22. The molecule has 3 rings (SSSR count). The predicted octanol–water partition coefficient (Wildman–Crippen LogP) is 2.22. The van der Waals surface area contributed by atoms with Crippen LogP contribution in [0.15, 0.2) is 39.8 Å². The molecule has 0 saturated carbocycles. The molecular formula is C17H17FN2O6S. The van der Waals surface area contributed by atoms with Crippen molar-refractivity contribution in [2.24, 2.45) is 0 Å². The summed E-state index contributed by atoms with van der Waals surface area (Å²) < 4.78 is 45.2. The lowest BCUT2D eigenvalue weighted by molar-refractivity contribution is -0.119. The number of halogens is 1. The average molecular weight is 396 g/mol. The van der Waals surface area contributed by atoms with Gasteiger partial charge < -0.3 is 14.8 Å². The first-order valence-electron chi connectivity index (χ1n) is 8.12. The third kappa shape index (κ3) is 3.71. The lowest BCUT2D eigenvalue weighted by Crippen LogP contribution is -2.43. The first kappa shape index (κ1) is 19.1. The minimum atomic E-state index is -4.21. The Morgan fingerprint density at radius 3 is 2.67 bits per heavy atom. The van der Waals surface area contributed by atoms with Crippen LogP contribution in [0.25, 0.3) is 0 Å². The molecule has 27 heavy (non-hydrogen) atoms. The largest absolute Gasteiger partial charge is 0.475 e. The van der Waals surface area contributed by atoms with Gasteiger partial charge in [-0.2, -0.15) is 4.31 Å². The monoisotopic (exact) mass is 396 g/mol. The van der Waals surface area contributed by atoms with Gasteiger partial charge in [0.1, 0.15) is 11.9 Å². The van der Waals surface area contributed by atoms with Crippen molar-refractivity contribution < 1.29 is 31.9 Å². The number of rotatable bonds is 5. The van der Waals surface area contributed by atoms with Crippen molar-refractivity contribution in [2.75, 3.05) is 11.9 Å². The van der Waals surface area contributed by atoms with Crippen LogP contribution in [0.1, 0.15) is 29.0 Å². The second-order valence-corrected chi connectivity index (χ2v) is 7.99. The van der Waals surface area contributed by atoms with Crippen LogP contribution in [0.2, 0.25) is 0 Å². The summed E-state index contributed by atoms with van der Waals surface area (Å²) in [4.78, 5) is 23.4. The Balaban J connectivity index is 1.83. The summed E-state index contributed by atoms with van der Waals surface area (Å²) >= 11 is 0. The van der Waals surface area contributed by atoms with Gasteiger partial charge in [0.15, 0.2) is 0 Å². The highest BCUT2D eigenvalue weighted by atomic mass is 32.2. The van der Waals surface area contributed by atoms with E-state index in [0.29, 0.717) is 12.0 Å². The van der Waals surface area contributed by atoms with Crippen molar-refractivity contribution in [3.63, 3.8) is 0 Å². The molecule has 1 saturated heterocycles. The van der Waals surface area contributed by atoms with Crippen LogP contribution in [-0.4, -0.2) is 42.3 Å². The van der Waals surface area contributed by atoms with Crippen LogP contribution < -0.4 is 5.32 Å². The number of furan rings is 1. The Bertz CT molecular complexity index is 1000. The molecule has 1 aromatic heterocycles. The smallest absolute Gasteiger partial charge is 0.371 e. The number of sulfonamides is 1. The van der Waals surface area contributed by atoms with E-state index in [1.165, 1.54) is 12.1 Å². The molecule has 1 amide bonds. The molecule has 1 aliphatic rings. The van der Waals surface area contributed by atoms with E-state index in [-0.39, 0.29) is 18.7 Å². The summed E-state index contributed by atoms with van der Waals surface area (Å²) in [5.41, 5.74) is 0.642. The molecule has 2 N–H and O–H groups in total. The van der Waals surface area contributed by atoms with Gasteiger partial charge in [0.05, 0.1) is 5.69 Å². The molecule has 10 heteroatoms. The number of carboxylic acids is 1. The van der Waals surface area contributed by atoms with Crippen molar-refractivity contribution in [3.05, 3.63) is 47.5 Å². The number of aryl methyl sites for hydroxylation is 1. The number of carbonyl (C=O) groups excluding carboxylic acids is 1. The maximum absolute atomic E-state index is 14.0. The topological polar surface area (TPSA) is 117 Å². The maximum Gasteiger partial charge on any atom is 0.371 e. The van der Waals surface area contributed by atoms with Gasteiger partial charge >= 0.3 is 5.97 Å². The van der Waals surface area contributed by atoms with Crippen molar-refractivity contribution in [1.82, 2.24) is 4.31 Å². The number of carbonyl (C=O) groups is 2. The van der Waals surface area contributed by atoms with Gasteiger partial charge in [0.2, 0.25) is 16.8 Å². The van der Waals surface area contributed by atoms with Crippen molar-refractivity contribution in [1.29, 1.82) is 0 Å².